The molecule has 0 radical (unpaired) electrons. The van der Waals surface area contributed by atoms with Gasteiger partial charge in [-0.3, -0.25) is 0 Å². The van der Waals surface area contributed by atoms with Gasteiger partial charge in [-0.15, -0.1) is 11.3 Å². The van der Waals surface area contributed by atoms with Crippen LogP contribution in [0.5, 0.6) is 0 Å². The Kier molecular flexibility index (Phi) is 3.94. The molecule has 1 aliphatic heterocycles. The van der Waals surface area contributed by atoms with Crippen LogP contribution in [0.4, 0.5) is 0 Å². The lowest BCUT2D eigenvalue weighted by Crippen LogP contribution is -2.22. The van der Waals surface area contributed by atoms with Crippen molar-refractivity contribution in [3.8, 4) is 10.6 Å². The first-order valence-corrected chi connectivity index (χ1v) is 7.80. The number of thiazole rings is 1. The second kappa shape index (κ2) is 5.88. The van der Waals surface area contributed by atoms with E-state index in [1.54, 1.807) is 13.8 Å². The molecule has 0 bridgehead atoms. The number of esters is 2. The molecule has 5 nitrogen and oxygen atoms in total. The van der Waals surface area contributed by atoms with Crippen molar-refractivity contribution in [1.29, 1.82) is 0 Å². The first-order chi connectivity index (χ1) is 10.5. The summed E-state index contributed by atoms with van der Waals surface area (Å²) in [6.07, 6.45) is -0.634. The SMILES string of the molecule is Cc1nc(-c2ccccc2)sc1C(=O)O[C@H]1C[C@H](C)OC1=O. The predicted molar refractivity (Wildman–Crippen MR) is 81.7 cm³/mol. The highest BCUT2D eigenvalue weighted by molar-refractivity contribution is 7.17. The lowest BCUT2D eigenvalue weighted by atomic mass is 10.2. The number of hydrogen-bond acceptors (Lipinski definition) is 6. The summed E-state index contributed by atoms with van der Waals surface area (Å²) < 4.78 is 10.3. The normalized spacial score (nSPS) is 20.7. The van der Waals surface area contributed by atoms with Crippen LogP contribution >= 0.6 is 11.3 Å². The number of aryl methyl sites for hydroxylation is 1. The van der Waals surface area contributed by atoms with Gasteiger partial charge in [0.05, 0.1) is 5.69 Å². The molecule has 2 aromatic rings. The Bertz CT molecular complexity index is 710. The summed E-state index contributed by atoms with van der Waals surface area (Å²) in [5.74, 6) is -1.00. The summed E-state index contributed by atoms with van der Waals surface area (Å²) in [7, 11) is 0. The molecule has 22 heavy (non-hydrogen) atoms. The van der Waals surface area contributed by atoms with Crippen LogP contribution in [0, 0.1) is 6.92 Å². The van der Waals surface area contributed by atoms with Crippen LogP contribution in [0.2, 0.25) is 0 Å². The predicted octanol–water partition coefficient (Wildman–Crippen LogP) is 2.98. The maximum Gasteiger partial charge on any atom is 0.351 e. The Balaban J connectivity index is 1.79. The Morgan fingerprint density at radius 1 is 1.36 bits per heavy atom. The van der Waals surface area contributed by atoms with E-state index >= 15 is 0 Å². The largest absolute Gasteiger partial charge is 0.460 e. The van der Waals surface area contributed by atoms with Gasteiger partial charge < -0.3 is 9.47 Å². The number of carbonyl (C=O) groups excluding carboxylic acids is 2. The molecule has 6 heteroatoms. The molecule has 0 spiro atoms. The molecule has 1 saturated heterocycles. The second-order valence-corrected chi connectivity index (χ2v) is 6.18. The van der Waals surface area contributed by atoms with Crippen LogP contribution in [0.15, 0.2) is 30.3 Å². The Morgan fingerprint density at radius 2 is 2.09 bits per heavy atom. The van der Waals surface area contributed by atoms with Gasteiger partial charge in [-0.2, -0.15) is 0 Å². The minimum Gasteiger partial charge on any atom is -0.460 e. The fraction of sp³-hybridized carbons (Fsp3) is 0.312. The van der Waals surface area contributed by atoms with Gasteiger partial charge in [-0.1, -0.05) is 30.3 Å². The Hall–Kier alpha value is -2.21. The highest BCUT2D eigenvalue weighted by Gasteiger charge is 2.36. The van der Waals surface area contributed by atoms with Crippen molar-refractivity contribution in [3.63, 3.8) is 0 Å². The fourth-order valence-electron chi connectivity index (χ4n) is 2.29. The molecular formula is C16H15NO4S. The fourth-order valence-corrected chi connectivity index (χ4v) is 3.24. The van der Waals surface area contributed by atoms with E-state index in [1.165, 1.54) is 11.3 Å². The van der Waals surface area contributed by atoms with E-state index in [1.807, 2.05) is 30.3 Å². The molecule has 1 fully saturated rings. The van der Waals surface area contributed by atoms with Crippen LogP contribution in [-0.4, -0.2) is 29.1 Å². The molecule has 2 heterocycles. The van der Waals surface area contributed by atoms with Gasteiger partial charge in [-0.05, 0) is 13.8 Å². The molecule has 0 saturated carbocycles. The summed E-state index contributed by atoms with van der Waals surface area (Å²) in [6, 6.07) is 9.62. The van der Waals surface area contributed by atoms with E-state index in [0.29, 0.717) is 17.0 Å². The van der Waals surface area contributed by atoms with E-state index in [4.69, 9.17) is 9.47 Å². The van der Waals surface area contributed by atoms with E-state index in [9.17, 15) is 9.59 Å². The first kappa shape index (κ1) is 14.7. The molecule has 0 amide bonds. The molecule has 0 N–H and O–H groups in total. The molecule has 0 unspecified atom stereocenters. The van der Waals surface area contributed by atoms with Gasteiger partial charge in [0.1, 0.15) is 16.0 Å². The van der Waals surface area contributed by atoms with E-state index in [2.05, 4.69) is 4.98 Å². The van der Waals surface area contributed by atoms with Crippen molar-refractivity contribution >= 4 is 23.3 Å². The zero-order valence-electron chi connectivity index (χ0n) is 12.2. The highest BCUT2D eigenvalue weighted by Crippen LogP contribution is 2.29. The quantitative estimate of drug-likeness (QED) is 0.814. The number of carbonyl (C=O) groups is 2. The number of aromatic nitrogens is 1. The molecule has 1 aliphatic rings. The summed E-state index contributed by atoms with van der Waals surface area (Å²) in [6.45, 7) is 3.53. The smallest absolute Gasteiger partial charge is 0.351 e. The van der Waals surface area contributed by atoms with Crippen molar-refractivity contribution in [3.05, 3.63) is 40.9 Å². The molecular weight excluding hydrogens is 302 g/mol. The van der Waals surface area contributed by atoms with Crippen LogP contribution in [0.25, 0.3) is 10.6 Å². The topological polar surface area (TPSA) is 65.5 Å². The third-order valence-electron chi connectivity index (χ3n) is 3.38. The van der Waals surface area contributed by atoms with E-state index in [-0.39, 0.29) is 6.10 Å². The monoisotopic (exact) mass is 317 g/mol. The zero-order chi connectivity index (χ0) is 15.7. The zero-order valence-corrected chi connectivity index (χ0v) is 13.1. The minimum absolute atomic E-state index is 0.215. The van der Waals surface area contributed by atoms with Gasteiger partial charge in [0, 0.05) is 12.0 Å². The van der Waals surface area contributed by atoms with Crippen molar-refractivity contribution < 1.29 is 19.1 Å². The van der Waals surface area contributed by atoms with Crippen molar-refractivity contribution in [1.82, 2.24) is 4.98 Å². The first-order valence-electron chi connectivity index (χ1n) is 6.99. The lowest BCUT2D eigenvalue weighted by Gasteiger charge is -2.06. The van der Waals surface area contributed by atoms with Crippen LogP contribution in [0.1, 0.15) is 28.7 Å². The maximum absolute atomic E-state index is 12.3. The summed E-state index contributed by atoms with van der Waals surface area (Å²) in [5, 5.41) is 0.757. The van der Waals surface area contributed by atoms with E-state index in [0.717, 1.165) is 10.6 Å². The van der Waals surface area contributed by atoms with Crippen molar-refractivity contribution in [2.75, 3.05) is 0 Å². The Morgan fingerprint density at radius 3 is 2.73 bits per heavy atom. The van der Waals surface area contributed by atoms with E-state index < -0.39 is 18.0 Å². The van der Waals surface area contributed by atoms with Gasteiger partial charge in [0.15, 0.2) is 0 Å². The molecule has 3 rings (SSSR count). The van der Waals surface area contributed by atoms with Crippen LogP contribution in [-0.2, 0) is 14.3 Å². The number of nitrogens with zero attached hydrogens (tertiary/aromatic N) is 1. The average Bonchev–Trinajstić information content (AvgIpc) is 3.03. The standard InChI is InChI=1S/C16H15NO4S/c1-9-8-12(15(18)20-9)21-16(19)13-10(2)17-14(22-13)11-6-4-3-5-7-11/h3-7,9,12H,8H2,1-2H3/t9-,12-/m0/s1. The van der Waals surface area contributed by atoms with Gasteiger partial charge in [0.25, 0.3) is 0 Å². The average molecular weight is 317 g/mol. The highest BCUT2D eigenvalue weighted by atomic mass is 32.1. The summed E-state index contributed by atoms with van der Waals surface area (Å²) in [4.78, 5) is 28.6. The third-order valence-corrected chi connectivity index (χ3v) is 4.56. The number of benzene rings is 1. The number of ether oxygens (including phenoxy) is 2. The van der Waals surface area contributed by atoms with Crippen molar-refractivity contribution in [2.24, 2.45) is 0 Å². The lowest BCUT2D eigenvalue weighted by molar-refractivity contribution is -0.147. The molecule has 2 atom stereocenters. The van der Waals surface area contributed by atoms with Crippen molar-refractivity contribution in [2.45, 2.75) is 32.5 Å². The second-order valence-electron chi connectivity index (χ2n) is 5.18. The summed E-state index contributed by atoms with van der Waals surface area (Å²) >= 11 is 1.27. The third kappa shape index (κ3) is 2.87. The van der Waals surface area contributed by atoms with Crippen LogP contribution < -0.4 is 0 Å². The van der Waals surface area contributed by atoms with Gasteiger partial charge in [0.2, 0.25) is 6.10 Å². The Labute approximate surface area is 131 Å². The maximum atomic E-state index is 12.3. The summed E-state index contributed by atoms with van der Waals surface area (Å²) in [5.41, 5.74) is 1.55. The molecule has 1 aromatic heterocycles. The van der Waals surface area contributed by atoms with Crippen LogP contribution in [0.3, 0.4) is 0 Å². The molecule has 0 aliphatic carbocycles. The number of hydrogen-bond donors (Lipinski definition) is 0. The number of rotatable bonds is 3. The number of cyclic esters (lactones) is 1. The molecule has 114 valence electrons. The minimum atomic E-state index is -0.816. The van der Waals surface area contributed by atoms with Gasteiger partial charge >= 0.3 is 11.9 Å². The van der Waals surface area contributed by atoms with Gasteiger partial charge in [-0.25, -0.2) is 14.6 Å². The molecule has 1 aromatic carbocycles.